The molecule has 0 aliphatic heterocycles. The number of carbonyl (C=O) groups excluding carboxylic acids is 1. The van der Waals surface area contributed by atoms with E-state index < -0.39 is 21.5 Å². The van der Waals surface area contributed by atoms with Crippen molar-refractivity contribution in [2.45, 2.75) is 6.92 Å². The van der Waals surface area contributed by atoms with Crippen molar-refractivity contribution in [1.82, 2.24) is 9.78 Å². The maximum Gasteiger partial charge on any atom is 0.247 e. The van der Waals surface area contributed by atoms with Gasteiger partial charge >= 0.3 is 0 Å². The van der Waals surface area contributed by atoms with Gasteiger partial charge in [0.25, 0.3) is 0 Å². The Bertz CT molecular complexity index is 834. The maximum atomic E-state index is 12.1. The lowest BCUT2D eigenvalue weighted by Gasteiger charge is -2.18. The van der Waals surface area contributed by atoms with Gasteiger partial charge in [-0.05, 0) is 13.0 Å². The number of nitrogens with zero attached hydrogens (tertiary/aromatic N) is 4. The van der Waals surface area contributed by atoms with Crippen LogP contribution in [0.3, 0.4) is 0 Å². The highest BCUT2D eigenvalue weighted by atomic mass is 35.5. The van der Waals surface area contributed by atoms with E-state index in [0.717, 1.165) is 11.0 Å². The number of rotatable bonds is 5. The lowest BCUT2D eigenvalue weighted by Crippen LogP contribution is -2.35. The summed E-state index contributed by atoms with van der Waals surface area (Å²) >= 11 is 6.08. The van der Waals surface area contributed by atoms with Gasteiger partial charge in [0.2, 0.25) is 18.3 Å². The van der Waals surface area contributed by atoms with Crippen molar-refractivity contribution in [2.75, 3.05) is 23.5 Å². The minimum atomic E-state index is -3.45. The molecule has 0 unspecified atom stereocenters. The molecule has 0 radical (unpaired) electrons. The molecule has 2 rings (SSSR count). The Morgan fingerprint density at radius 2 is 2.22 bits per heavy atom. The number of aromatic nitrogens is 3. The molecule has 124 valence electrons. The highest BCUT2D eigenvalue weighted by molar-refractivity contribution is 7.91. The van der Waals surface area contributed by atoms with Gasteiger partial charge in [-0.1, -0.05) is 11.6 Å². The fourth-order valence-electron chi connectivity index (χ4n) is 2.03. The molecule has 1 N–H and O–H groups in total. The molecule has 2 aromatic heterocycles. The van der Waals surface area contributed by atoms with Crippen LogP contribution in [0.2, 0.25) is 5.15 Å². The molecule has 0 atom stereocenters. The number of amides is 1. The molecule has 1 amide bonds. The fourth-order valence-corrected chi connectivity index (χ4v) is 2.86. The SMILES string of the molecule is CCN(C(=O)CS(C)(=O)=O)c1cn(-c2ccc[n+](O)c2)nc1Cl. The first-order chi connectivity index (χ1) is 10.7. The predicted octanol–water partition coefficient (Wildman–Crippen LogP) is 0.448. The third-order valence-electron chi connectivity index (χ3n) is 2.98. The number of pyridine rings is 1. The molecule has 0 saturated heterocycles. The summed E-state index contributed by atoms with van der Waals surface area (Å²) < 4.78 is 24.9. The first-order valence-corrected chi connectivity index (χ1v) is 9.09. The summed E-state index contributed by atoms with van der Waals surface area (Å²) in [6.45, 7) is 1.95. The monoisotopic (exact) mass is 359 g/mol. The predicted molar refractivity (Wildman–Crippen MR) is 83.7 cm³/mol. The van der Waals surface area contributed by atoms with Gasteiger partial charge in [0.05, 0.1) is 6.20 Å². The van der Waals surface area contributed by atoms with Crippen LogP contribution in [0.25, 0.3) is 5.69 Å². The lowest BCUT2D eigenvalue weighted by atomic mass is 10.4. The fraction of sp³-hybridized carbons (Fsp3) is 0.308. The van der Waals surface area contributed by atoms with Crippen LogP contribution in [-0.2, 0) is 14.6 Å². The van der Waals surface area contributed by atoms with E-state index in [1.807, 2.05) is 0 Å². The van der Waals surface area contributed by atoms with Crippen molar-refractivity contribution in [1.29, 1.82) is 0 Å². The molecular weight excluding hydrogens is 344 g/mol. The summed E-state index contributed by atoms with van der Waals surface area (Å²) in [5.41, 5.74) is 0.825. The van der Waals surface area contributed by atoms with Crippen molar-refractivity contribution in [2.24, 2.45) is 0 Å². The van der Waals surface area contributed by atoms with Crippen LogP contribution in [0.1, 0.15) is 6.92 Å². The maximum absolute atomic E-state index is 12.1. The Morgan fingerprint density at radius 1 is 1.52 bits per heavy atom. The van der Waals surface area contributed by atoms with Gasteiger partial charge in [-0.15, -0.1) is 0 Å². The highest BCUT2D eigenvalue weighted by Gasteiger charge is 2.23. The summed E-state index contributed by atoms with van der Waals surface area (Å²) in [7, 11) is -3.45. The van der Waals surface area contributed by atoms with Crippen molar-refractivity contribution in [3.8, 4) is 5.69 Å². The summed E-state index contributed by atoms with van der Waals surface area (Å²) in [5.74, 6) is -1.19. The average molecular weight is 360 g/mol. The molecule has 0 bridgehead atoms. The summed E-state index contributed by atoms with van der Waals surface area (Å²) in [4.78, 5) is 13.4. The Morgan fingerprint density at radius 3 is 2.78 bits per heavy atom. The molecule has 0 aromatic carbocycles. The zero-order valence-electron chi connectivity index (χ0n) is 12.5. The standard InChI is InChI=1S/C13H16ClN4O4S/c1-3-17(12(19)9-23(2,21)22)11-8-18(15-13(11)14)10-5-4-6-16(20)7-10/h4-8,20H,3,9H2,1-2H3/q+1. The molecule has 8 nitrogen and oxygen atoms in total. The van der Waals surface area contributed by atoms with E-state index in [9.17, 15) is 18.4 Å². The van der Waals surface area contributed by atoms with Crippen molar-refractivity contribution in [3.05, 3.63) is 35.9 Å². The zero-order chi connectivity index (χ0) is 17.2. The molecule has 0 aliphatic rings. The molecule has 0 fully saturated rings. The molecule has 0 spiro atoms. The summed E-state index contributed by atoms with van der Waals surface area (Å²) in [6, 6.07) is 3.30. The van der Waals surface area contributed by atoms with Crippen LogP contribution in [0.15, 0.2) is 30.7 Å². The van der Waals surface area contributed by atoms with Gasteiger partial charge in [0, 0.05) is 23.6 Å². The van der Waals surface area contributed by atoms with Gasteiger partial charge in [-0.3, -0.25) is 10.0 Å². The topological polar surface area (TPSA) is 96.4 Å². The van der Waals surface area contributed by atoms with Crippen molar-refractivity contribution < 1.29 is 23.1 Å². The van der Waals surface area contributed by atoms with Gasteiger partial charge in [0.15, 0.2) is 15.0 Å². The first-order valence-electron chi connectivity index (χ1n) is 6.65. The highest BCUT2D eigenvalue weighted by Crippen LogP contribution is 2.26. The number of hydrogen-bond acceptors (Lipinski definition) is 5. The van der Waals surface area contributed by atoms with Crippen molar-refractivity contribution in [3.63, 3.8) is 0 Å². The van der Waals surface area contributed by atoms with Crippen LogP contribution >= 0.6 is 11.6 Å². The number of hydrogen-bond donors (Lipinski definition) is 1. The van der Waals surface area contributed by atoms with Crippen LogP contribution in [0.5, 0.6) is 0 Å². The van der Waals surface area contributed by atoms with E-state index >= 15 is 0 Å². The van der Waals surface area contributed by atoms with Crippen LogP contribution in [0, 0.1) is 0 Å². The molecule has 23 heavy (non-hydrogen) atoms. The Kier molecular flexibility index (Phi) is 4.90. The minimum Gasteiger partial charge on any atom is -0.308 e. The summed E-state index contributed by atoms with van der Waals surface area (Å²) in [6.07, 6.45) is 5.33. The van der Waals surface area contributed by atoms with E-state index in [2.05, 4.69) is 5.10 Å². The normalized spacial score (nSPS) is 11.4. The number of halogens is 1. The Labute approximate surface area is 138 Å². The third-order valence-corrected chi connectivity index (χ3v) is 4.02. The van der Waals surface area contributed by atoms with Crippen LogP contribution in [-0.4, -0.2) is 47.9 Å². The number of sulfone groups is 1. The van der Waals surface area contributed by atoms with E-state index in [-0.39, 0.29) is 11.7 Å². The second kappa shape index (κ2) is 6.55. The van der Waals surface area contributed by atoms with E-state index in [4.69, 9.17) is 11.6 Å². The number of anilines is 1. The second-order valence-corrected chi connectivity index (χ2v) is 7.40. The zero-order valence-corrected chi connectivity index (χ0v) is 14.1. The van der Waals surface area contributed by atoms with Crippen molar-refractivity contribution >= 4 is 33.0 Å². The quantitative estimate of drug-likeness (QED) is 0.617. The molecule has 0 saturated carbocycles. The van der Waals surface area contributed by atoms with E-state index in [1.54, 1.807) is 19.1 Å². The van der Waals surface area contributed by atoms with Gasteiger partial charge < -0.3 is 4.90 Å². The average Bonchev–Trinajstić information content (AvgIpc) is 2.80. The Balaban J connectivity index is 2.37. The molecule has 2 aromatic rings. The van der Waals surface area contributed by atoms with E-state index in [0.29, 0.717) is 11.4 Å². The smallest absolute Gasteiger partial charge is 0.247 e. The van der Waals surface area contributed by atoms with E-state index in [1.165, 1.54) is 28.2 Å². The molecular formula is C13H16ClN4O4S+. The third kappa shape index (κ3) is 4.20. The molecule has 10 heteroatoms. The summed E-state index contributed by atoms with van der Waals surface area (Å²) in [5, 5.41) is 13.6. The number of carbonyl (C=O) groups is 1. The Hall–Kier alpha value is -2.13. The second-order valence-electron chi connectivity index (χ2n) is 4.90. The first kappa shape index (κ1) is 17.2. The molecule has 0 aliphatic carbocycles. The lowest BCUT2D eigenvalue weighted by molar-refractivity contribution is -0.904. The van der Waals surface area contributed by atoms with Crippen LogP contribution < -0.4 is 9.63 Å². The largest absolute Gasteiger partial charge is 0.308 e. The van der Waals surface area contributed by atoms with Crippen LogP contribution in [0.4, 0.5) is 5.69 Å². The van der Waals surface area contributed by atoms with Gasteiger partial charge in [-0.2, -0.15) is 5.10 Å². The minimum absolute atomic E-state index is 0.0574. The van der Waals surface area contributed by atoms with Gasteiger partial charge in [-0.25, -0.2) is 13.1 Å². The molecule has 2 heterocycles. The van der Waals surface area contributed by atoms with Gasteiger partial charge in [0.1, 0.15) is 17.1 Å².